The largest absolute Gasteiger partial charge is 0.330 e. The van der Waals surface area contributed by atoms with Gasteiger partial charge in [0.2, 0.25) is 0 Å². The lowest BCUT2D eigenvalue weighted by Crippen LogP contribution is -1.98. The number of hydrogen-bond acceptors (Lipinski definition) is 3. The summed E-state index contributed by atoms with van der Waals surface area (Å²) in [6.45, 7) is 5.03. The SMILES string of the molecule is Cc1ccc(-c2nc(CCCCN)sc2C)cc1. The minimum Gasteiger partial charge on any atom is -0.330 e. The summed E-state index contributed by atoms with van der Waals surface area (Å²) in [6.07, 6.45) is 3.27. The van der Waals surface area contributed by atoms with E-state index in [-0.39, 0.29) is 0 Å². The molecule has 96 valence electrons. The van der Waals surface area contributed by atoms with Gasteiger partial charge in [-0.3, -0.25) is 0 Å². The van der Waals surface area contributed by atoms with Crippen molar-refractivity contribution in [3.05, 3.63) is 39.7 Å². The van der Waals surface area contributed by atoms with Crippen LogP contribution in [-0.2, 0) is 6.42 Å². The van der Waals surface area contributed by atoms with Gasteiger partial charge in [0.25, 0.3) is 0 Å². The number of thiazole rings is 1. The van der Waals surface area contributed by atoms with Crippen molar-refractivity contribution in [2.45, 2.75) is 33.1 Å². The molecule has 0 bridgehead atoms. The second-order valence-electron chi connectivity index (χ2n) is 4.62. The second kappa shape index (κ2) is 6.12. The first-order chi connectivity index (χ1) is 8.70. The predicted octanol–water partition coefficient (Wildman–Crippen LogP) is 3.71. The summed E-state index contributed by atoms with van der Waals surface area (Å²) in [5.41, 5.74) is 9.17. The van der Waals surface area contributed by atoms with Crippen molar-refractivity contribution in [2.75, 3.05) is 6.54 Å². The Morgan fingerprint density at radius 1 is 1.11 bits per heavy atom. The number of unbranched alkanes of at least 4 members (excludes halogenated alkanes) is 1. The minimum absolute atomic E-state index is 0.773. The van der Waals surface area contributed by atoms with Gasteiger partial charge in [0.05, 0.1) is 10.7 Å². The van der Waals surface area contributed by atoms with Gasteiger partial charge >= 0.3 is 0 Å². The smallest absolute Gasteiger partial charge is 0.0935 e. The molecule has 0 spiro atoms. The normalized spacial score (nSPS) is 10.8. The zero-order valence-electron chi connectivity index (χ0n) is 11.1. The topological polar surface area (TPSA) is 38.9 Å². The highest BCUT2D eigenvalue weighted by atomic mass is 32.1. The van der Waals surface area contributed by atoms with Gasteiger partial charge in [-0.2, -0.15) is 0 Å². The molecule has 0 atom stereocenters. The lowest BCUT2D eigenvalue weighted by atomic mass is 10.1. The Hall–Kier alpha value is -1.19. The van der Waals surface area contributed by atoms with Crippen molar-refractivity contribution in [3.63, 3.8) is 0 Å². The average molecular weight is 260 g/mol. The summed E-state index contributed by atoms with van der Waals surface area (Å²) in [5, 5.41) is 1.23. The zero-order chi connectivity index (χ0) is 13.0. The molecule has 0 saturated carbocycles. The number of nitrogens with zero attached hydrogens (tertiary/aromatic N) is 1. The van der Waals surface area contributed by atoms with E-state index in [1.807, 2.05) is 11.3 Å². The van der Waals surface area contributed by atoms with E-state index in [2.05, 4.69) is 38.1 Å². The Kier molecular flexibility index (Phi) is 4.50. The summed E-state index contributed by atoms with van der Waals surface area (Å²) in [7, 11) is 0. The molecular formula is C15H20N2S. The van der Waals surface area contributed by atoms with Crippen LogP contribution < -0.4 is 5.73 Å². The van der Waals surface area contributed by atoms with Crippen LogP contribution in [0.1, 0.15) is 28.3 Å². The summed E-state index contributed by atoms with van der Waals surface area (Å²) in [4.78, 5) is 6.07. The molecule has 1 heterocycles. The number of aryl methyl sites for hydroxylation is 3. The van der Waals surface area contributed by atoms with E-state index in [0.29, 0.717) is 0 Å². The van der Waals surface area contributed by atoms with E-state index in [9.17, 15) is 0 Å². The maximum Gasteiger partial charge on any atom is 0.0935 e. The molecule has 0 aliphatic heterocycles. The fraction of sp³-hybridized carbons (Fsp3) is 0.400. The van der Waals surface area contributed by atoms with E-state index in [0.717, 1.165) is 31.5 Å². The van der Waals surface area contributed by atoms with E-state index in [4.69, 9.17) is 10.7 Å². The standard InChI is InChI=1S/C15H20N2S/c1-11-6-8-13(9-7-11)15-12(2)18-14(17-15)5-3-4-10-16/h6-9H,3-5,10,16H2,1-2H3. The van der Waals surface area contributed by atoms with Crippen molar-refractivity contribution in [2.24, 2.45) is 5.73 Å². The van der Waals surface area contributed by atoms with Crippen LogP contribution in [0.4, 0.5) is 0 Å². The number of rotatable bonds is 5. The van der Waals surface area contributed by atoms with Gasteiger partial charge < -0.3 is 5.73 Å². The van der Waals surface area contributed by atoms with Gasteiger partial charge in [-0.15, -0.1) is 11.3 Å². The Morgan fingerprint density at radius 3 is 2.50 bits per heavy atom. The molecule has 2 nitrogen and oxygen atoms in total. The first kappa shape index (κ1) is 13.2. The van der Waals surface area contributed by atoms with E-state index >= 15 is 0 Å². The third-order valence-electron chi connectivity index (χ3n) is 3.01. The van der Waals surface area contributed by atoms with E-state index in [1.165, 1.54) is 21.0 Å². The molecule has 1 aromatic heterocycles. The Balaban J connectivity index is 2.16. The second-order valence-corrected chi connectivity index (χ2v) is 5.91. The van der Waals surface area contributed by atoms with Crippen molar-refractivity contribution in [1.82, 2.24) is 4.98 Å². The highest BCUT2D eigenvalue weighted by Crippen LogP contribution is 2.28. The van der Waals surface area contributed by atoms with Crippen molar-refractivity contribution in [3.8, 4) is 11.3 Å². The van der Waals surface area contributed by atoms with Crippen molar-refractivity contribution < 1.29 is 0 Å². The van der Waals surface area contributed by atoms with E-state index < -0.39 is 0 Å². The Labute approximate surface area is 113 Å². The highest BCUT2D eigenvalue weighted by Gasteiger charge is 2.09. The van der Waals surface area contributed by atoms with Crippen LogP contribution in [0.25, 0.3) is 11.3 Å². The first-order valence-corrected chi connectivity index (χ1v) is 7.26. The molecule has 0 fully saturated rings. The molecule has 0 aliphatic carbocycles. The van der Waals surface area contributed by atoms with Gasteiger partial charge in [0.1, 0.15) is 0 Å². The molecular weight excluding hydrogens is 240 g/mol. The van der Waals surface area contributed by atoms with Crippen LogP contribution in [0.2, 0.25) is 0 Å². The van der Waals surface area contributed by atoms with Gasteiger partial charge in [0, 0.05) is 10.4 Å². The number of hydrogen-bond donors (Lipinski definition) is 1. The van der Waals surface area contributed by atoms with Crippen LogP contribution in [0.15, 0.2) is 24.3 Å². The van der Waals surface area contributed by atoms with Crippen LogP contribution in [0, 0.1) is 13.8 Å². The quantitative estimate of drug-likeness (QED) is 0.832. The first-order valence-electron chi connectivity index (χ1n) is 6.44. The molecule has 18 heavy (non-hydrogen) atoms. The molecule has 2 aromatic rings. The van der Waals surface area contributed by atoms with Crippen LogP contribution in [0.5, 0.6) is 0 Å². The summed E-state index contributed by atoms with van der Waals surface area (Å²) in [5.74, 6) is 0. The molecule has 0 amide bonds. The van der Waals surface area contributed by atoms with Gasteiger partial charge in [-0.25, -0.2) is 4.98 Å². The zero-order valence-corrected chi connectivity index (χ0v) is 11.9. The fourth-order valence-electron chi connectivity index (χ4n) is 1.96. The fourth-order valence-corrected chi connectivity index (χ4v) is 2.95. The lowest BCUT2D eigenvalue weighted by Gasteiger charge is -1.99. The molecule has 3 heteroatoms. The number of aromatic nitrogens is 1. The van der Waals surface area contributed by atoms with Gasteiger partial charge in [-0.05, 0) is 39.7 Å². The summed E-state index contributed by atoms with van der Waals surface area (Å²) >= 11 is 1.81. The summed E-state index contributed by atoms with van der Waals surface area (Å²) in [6, 6.07) is 8.59. The third-order valence-corrected chi connectivity index (χ3v) is 4.04. The Morgan fingerprint density at radius 2 is 1.83 bits per heavy atom. The molecule has 0 unspecified atom stereocenters. The molecule has 2 rings (SSSR count). The van der Waals surface area contributed by atoms with Crippen LogP contribution >= 0.6 is 11.3 Å². The van der Waals surface area contributed by atoms with Gasteiger partial charge in [0.15, 0.2) is 0 Å². The average Bonchev–Trinajstić information content (AvgIpc) is 2.72. The molecule has 0 aliphatic rings. The van der Waals surface area contributed by atoms with Gasteiger partial charge in [-0.1, -0.05) is 29.8 Å². The Bertz CT molecular complexity index is 500. The highest BCUT2D eigenvalue weighted by molar-refractivity contribution is 7.12. The van der Waals surface area contributed by atoms with E-state index in [1.54, 1.807) is 0 Å². The third kappa shape index (κ3) is 3.18. The molecule has 0 saturated heterocycles. The van der Waals surface area contributed by atoms with Crippen LogP contribution in [0.3, 0.4) is 0 Å². The molecule has 1 aromatic carbocycles. The number of benzene rings is 1. The summed E-state index contributed by atoms with van der Waals surface area (Å²) < 4.78 is 0. The maximum atomic E-state index is 5.52. The lowest BCUT2D eigenvalue weighted by molar-refractivity contribution is 0.742. The molecule has 2 N–H and O–H groups in total. The predicted molar refractivity (Wildman–Crippen MR) is 79.0 cm³/mol. The minimum atomic E-state index is 0.773. The number of nitrogens with two attached hydrogens (primary N) is 1. The molecule has 0 radical (unpaired) electrons. The monoisotopic (exact) mass is 260 g/mol. The maximum absolute atomic E-state index is 5.52. The van der Waals surface area contributed by atoms with Crippen molar-refractivity contribution >= 4 is 11.3 Å². The van der Waals surface area contributed by atoms with Crippen LogP contribution in [-0.4, -0.2) is 11.5 Å². The van der Waals surface area contributed by atoms with Crippen molar-refractivity contribution in [1.29, 1.82) is 0 Å².